The van der Waals surface area contributed by atoms with Crippen molar-refractivity contribution in [3.63, 3.8) is 0 Å². The predicted molar refractivity (Wildman–Crippen MR) is 105 cm³/mol. The first kappa shape index (κ1) is 18.0. The normalized spacial score (nSPS) is 16.1. The number of ether oxygens (including phenoxy) is 1. The summed E-state index contributed by atoms with van der Waals surface area (Å²) < 4.78 is 12.0. The van der Waals surface area contributed by atoms with Gasteiger partial charge in [-0.25, -0.2) is 0 Å². The molecular weight excluding hydrogens is 378 g/mol. The molecule has 1 aromatic heterocycles. The topological polar surface area (TPSA) is 42.7 Å². The van der Waals surface area contributed by atoms with Crippen LogP contribution in [0.2, 0.25) is 5.02 Å². The molecule has 1 aliphatic rings. The number of carbonyl (C=O) groups is 1. The Hall–Kier alpha value is -1.76. The molecule has 1 aliphatic heterocycles. The van der Waals surface area contributed by atoms with Crippen LogP contribution < -0.4 is 4.74 Å². The van der Waals surface area contributed by atoms with Crippen molar-refractivity contribution < 1.29 is 13.9 Å². The van der Waals surface area contributed by atoms with E-state index in [1.807, 2.05) is 38.1 Å². The highest BCUT2D eigenvalue weighted by Crippen LogP contribution is 2.32. The van der Waals surface area contributed by atoms with Crippen molar-refractivity contribution in [3.05, 3.63) is 57.3 Å². The lowest BCUT2D eigenvalue weighted by molar-refractivity contribution is -0.121. The average Bonchev–Trinajstić information content (AvgIpc) is 3.13. The summed E-state index contributed by atoms with van der Waals surface area (Å²) in [5.41, 5.74) is 0.956. The summed E-state index contributed by atoms with van der Waals surface area (Å²) >= 11 is 12.5. The second-order valence-electron chi connectivity index (χ2n) is 5.43. The molecule has 7 heteroatoms. The highest BCUT2D eigenvalue weighted by Gasteiger charge is 2.30. The summed E-state index contributed by atoms with van der Waals surface area (Å²) in [6.45, 7) is 4.69. The van der Waals surface area contributed by atoms with Gasteiger partial charge in [0.2, 0.25) is 0 Å². The summed E-state index contributed by atoms with van der Waals surface area (Å²) in [6, 6.07) is 9.13. The van der Waals surface area contributed by atoms with Gasteiger partial charge in [-0.15, -0.1) is 0 Å². The fourth-order valence-corrected chi connectivity index (χ4v) is 3.79. The molecule has 1 aromatic carbocycles. The summed E-state index contributed by atoms with van der Waals surface area (Å²) in [5.74, 6) is 1.92. The van der Waals surface area contributed by atoms with Crippen LogP contribution in [-0.2, 0) is 11.4 Å². The van der Waals surface area contributed by atoms with E-state index in [1.165, 1.54) is 11.8 Å². The summed E-state index contributed by atoms with van der Waals surface area (Å²) in [7, 11) is 0. The van der Waals surface area contributed by atoms with Crippen molar-refractivity contribution in [2.75, 3.05) is 6.54 Å². The third kappa shape index (κ3) is 4.08. The van der Waals surface area contributed by atoms with Gasteiger partial charge in [-0.2, -0.15) is 0 Å². The fraction of sp³-hybridized carbons (Fsp3) is 0.222. The van der Waals surface area contributed by atoms with E-state index < -0.39 is 0 Å². The first-order valence-electron chi connectivity index (χ1n) is 7.71. The molecule has 2 aromatic rings. The molecule has 0 atom stereocenters. The molecule has 4 nitrogen and oxygen atoms in total. The molecule has 25 heavy (non-hydrogen) atoms. The molecule has 1 saturated heterocycles. The lowest BCUT2D eigenvalue weighted by atomic mass is 10.2. The smallest absolute Gasteiger partial charge is 0.266 e. The van der Waals surface area contributed by atoms with E-state index in [0.717, 1.165) is 11.3 Å². The number of halogens is 1. The van der Waals surface area contributed by atoms with E-state index in [0.29, 0.717) is 38.9 Å². The number of hydrogen-bond acceptors (Lipinski definition) is 5. The molecule has 0 spiro atoms. The van der Waals surface area contributed by atoms with Crippen LogP contribution in [-0.4, -0.2) is 21.7 Å². The maximum Gasteiger partial charge on any atom is 0.266 e. The van der Waals surface area contributed by atoms with Crippen molar-refractivity contribution in [2.24, 2.45) is 0 Å². The van der Waals surface area contributed by atoms with Crippen molar-refractivity contribution in [3.8, 4) is 5.75 Å². The Morgan fingerprint density at radius 2 is 2.16 bits per heavy atom. The third-order valence-corrected chi connectivity index (χ3v) is 5.46. The number of benzene rings is 1. The molecule has 0 radical (unpaired) electrons. The van der Waals surface area contributed by atoms with E-state index in [1.54, 1.807) is 17.0 Å². The van der Waals surface area contributed by atoms with Crippen molar-refractivity contribution in [1.82, 2.24) is 4.90 Å². The number of hydrogen-bond donors (Lipinski definition) is 0. The Kier molecular flexibility index (Phi) is 5.51. The monoisotopic (exact) mass is 393 g/mol. The molecule has 1 fully saturated rings. The van der Waals surface area contributed by atoms with Gasteiger partial charge in [0.1, 0.15) is 28.2 Å². The number of carbonyl (C=O) groups excluding carboxylic acids is 1. The minimum absolute atomic E-state index is 0.0802. The Labute approximate surface area is 160 Å². The van der Waals surface area contributed by atoms with Crippen LogP contribution in [0.5, 0.6) is 5.75 Å². The summed E-state index contributed by atoms with van der Waals surface area (Å²) in [6.07, 6.45) is 1.71. The first-order chi connectivity index (χ1) is 12.0. The van der Waals surface area contributed by atoms with Crippen LogP contribution in [0, 0.1) is 6.92 Å². The average molecular weight is 394 g/mol. The van der Waals surface area contributed by atoms with Gasteiger partial charge in [-0.3, -0.25) is 9.69 Å². The second kappa shape index (κ2) is 7.64. The SMILES string of the molecule is CCN1C(=O)C(=Cc2ccc(COc3ccc(Cl)c(C)c3)o2)SC1=S. The minimum atomic E-state index is -0.0802. The summed E-state index contributed by atoms with van der Waals surface area (Å²) in [5, 5.41) is 0.706. The highest BCUT2D eigenvalue weighted by atomic mass is 35.5. The minimum Gasteiger partial charge on any atom is -0.486 e. The number of rotatable bonds is 5. The molecule has 1 amide bonds. The number of amides is 1. The van der Waals surface area contributed by atoms with E-state index in [9.17, 15) is 4.79 Å². The zero-order valence-electron chi connectivity index (χ0n) is 13.7. The molecule has 0 bridgehead atoms. The molecule has 0 unspecified atom stereocenters. The Balaban J connectivity index is 1.66. The van der Waals surface area contributed by atoms with Gasteiger partial charge in [0.25, 0.3) is 5.91 Å². The largest absolute Gasteiger partial charge is 0.486 e. The van der Waals surface area contributed by atoms with Crippen molar-refractivity contribution >= 4 is 51.9 Å². The number of furan rings is 1. The number of nitrogens with zero attached hydrogens (tertiary/aromatic N) is 1. The molecule has 0 aliphatic carbocycles. The number of likely N-dealkylation sites (N-methyl/N-ethyl adjacent to an activating group) is 1. The van der Waals surface area contributed by atoms with Gasteiger partial charge in [0, 0.05) is 17.6 Å². The molecule has 2 heterocycles. The molecule has 0 N–H and O–H groups in total. The highest BCUT2D eigenvalue weighted by molar-refractivity contribution is 8.26. The van der Waals surface area contributed by atoms with Crippen LogP contribution in [0.15, 0.2) is 39.7 Å². The second-order valence-corrected chi connectivity index (χ2v) is 7.51. The van der Waals surface area contributed by atoms with Crippen LogP contribution >= 0.6 is 35.6 Å². The van der Waals surface area contributed by atoms with Gasteiger partial charge in [-0.1, -0.05) is 35.6 Å². The van der Waals surface area contributed by atoms with Crippen LogP contribution in [0.1, 0.15) is 24.0 Å². The zero-order chi connectivity index (χ0) is 18.0. The lowest BCUT2D eigenvalue weighted by Crippen LogP contribution is -2.27. The maximum atomic E-state index is 12.2. The van der Waals surface area contributed by atoms with Gasteiger partial charge in [0.15, 0.2) is 0 Å². The lowest BCUT2D eigenvalue weighted by Gasteiger charge is -2.09. The van der Waals surface area contributed by atoms with Crippen LogP contribution in [0.3, 0.4) is 0 Å². The fourth-order valence-electron chi connectivity index (χ4n) is 2.31. The quantitative estimate of drug-likeness (QED) is 0.525. The number of thiocarbonyl (C=S) groups is 1. The number of thioether (sulfide) groups is 1. The van der Waals surface area contributed by atoms with Gasteiger partial charge >= 0.3 is 0 Å². The van der Waals surface area contributed by atoms with Crippen molar-refractivity contribution in [1.29, 1.82) is 0 Å². The van der Waals surface area contributed by atoms with E-state index >= 15 is 0 Å². The van der Waals surface area contributed by atoms with Gasteiger partial charge in [-0.05, 0) is 49.7 Å². The van der Waals surface area contributed by atoms with Crippen molar-refractivity contribution in [2.45, 2.75) is 20.5 Å². The maximum absolute atomic E-state index is 12.2. The Morgan fingerprint density at radius 1 is 1.36 bits per heavy atom. The van der Waals surface area contributed by atoms with Crippen LogP contribution in [0.25, 0.3) is 6.08 Å². The molecular formula is C18H16ClNO3S2. The van der Waals surface area contributed by atoms with E-state index in [-0.39, 0.29) is 5.91 Å². The van der Waals surface area contributed by atoms with Gasteiger partial charge in [0.05, 0.1) is 4.91 Å². The Bertz CT molecular complexity index is 860. The molecule has 130 valence electrons. The first-order valence-corrected chi connectivity index (χ1v) is 9.31. The molecule has 0 saturated carbocycles. The summed E-state index contributed by atoms with van der Waals surface area (Å²) in [4.78, 5) is 14.3. The van der Waals surface area contributed by atoms with Crippen LogP contribution in [0.4, 0.5) is 0 Å². The van der Waals surface area contributed by atoms with E-state index in [2.05, 4.69) is 0 Å². The number of aryl methyl sites for hydroxylation is 1. The standard InChI is InChI=1S/C18H16ClNO3S2/c1-3-20-17(21)16(25-18(20)24)9-13-4-5-14(23-13)10-22-12-6-7-15(19)11(2)8-12/h4-9H,3,10H2,1-2H3. The zero-order valence-corrected chi connectivity index (χ0v) is 16.1. The predicted octanol–water partition coefficient (Wildman–Crippen LogP) is 5.04. The van der Waals surface area contributed by atoms with E-state index in [4.69, 9.17) is 33.0 Å². The van der Waals surface area contributed by atoms with Gasteiger partial charge < -0.3 is 9.15 Å². The Morgan fingerprint density at radius 3 is 2.84 bits per heavy atom. The molecule has 3 rings (SSSR count). The third-order valence-electron chi connectivity index (χ3n) is 3.66.